The van der Waals surface area contributed by atoms with E-state index in [0.717, 1.165) is 5.56 Å². The van der Waals surface area contributed by atoms with Crippen molar-refractivity contribution >= 4 is 12.4 Å². The van der Waals surface area contributed by atoms with Crippen LogP contribution in [0.15, 0.2) is 23.3 Å². The van der Waals surface area contributed by atoms with Gasteiger partial charge in [-0.15, -0.1) is 0 Å². The molecule has 0 bridgehead atoms. The highest BCUT2D eigenvalue weighted by Gasteiger charge is 2.35. The highest BCUT2D eigenvalue weighted by atomic mass is 16.5. The first-order valence-corrected chi connectivity index (χ1v) is 5.60. The van der Waals surface area contributed by atoms with Crippen molar-refractivity contribution in [3.63, 3.8) is 0 Å². The Bertz CT molecular complexity index is 444. The molecule has 0 aromatic carbocycles. The normalized spacial score (nSPS) is 21.4. The molecule has 0 N–H and O–H groups in total. The van der Waals surface area contributed by atoms with Gasteiger partial charge in [0.2, 0.25) is 5.88 Å². The minimum Gasteiger partial charge on any atom is -0.481 e. The van der Waals surface area contributed by atoms with Crippen molar-refractivity contribution in [2.45, 2.75) is 19.1 Å². The first kappa shape index (κ1) is 12.3. The fourth-order valence-electron chi connectivity index (χ4n) is 1.67. The van der Waals surface area contributed by atoms with Crippen molar-refractivity contribution in [1.82, 2.24) is 4.98 Å². The lowest BCUT2D eigenvalue weighted by Crippen LogP contribution is -2.26. The number of esters is 1. The van der Waals surface area contributed by atoms with Crippen LogP contribution in [0.4, 0.5) is 0 Å². The molecule has 1 aliphatic rings. The molecule has 0 saturated heterocycles. The number of carbonyl (C=O) groups is 1. The summed E-state index contributed by atoms with van der Waals surface area (Å²) in [6, 6.07) is 2.83. The average molecular weight is 250 g/mol. The number of methoxy groups -OCH3 is 1. The third-order valence-corrected chi connectivity index (χ3v) is 2.54. The van der Waals surface area contributed by atoms with Crippen molar-refractivity contribution in [2.75, 3.05) is 13.7 Å². The molecule has 0 amide bonds. The Kier molecular flexibility index (Phi) is 3.76. The Morgan fingerprint density at radius 1 is 1.50 bits per heavy atom. The molecule has 1 aliphatic heterocycles. The number of carbonyl (C=O) groups excluding carboxylic acids is 1. The van der Waals surface area contributed by atoms with E-state index in [4.69, 9.17) is 14.2 Å². The lowest BCUT2D eigenvalue weighted by molar-refractivity contribution is -0.146. The number of ether oxygens (including phenoxy) is 3. The molecule has 0 radical (unpaired) electrons. The second-order valence-corrected chi connectivity index (χ2v) is 3.64. The van der Waals surface area contributed by atoms with Crippen molar-refractivity contribution in [2.24, 2.45) is 4.99 Å². The van der Waals surface area contributed by atoms with Gasteiger partial charge in [-0.3, -0.25) is 0 Å². The minimum absolute atomic E-state index is 0.318. The van der Waals surface area contributed by atoms with Crippen LogP contribution in [0.5, 0.6) is 5.88 Å². The molecule has 2 heterocycles. The quantitative estimate of drug-likeness (QED) is 0.749. The number of rotatable bonds is 4. The summed E-state index contributed by atoms with van der Waals surface area (Å²) in [4.78, 5) is 19.7. The molecule has 0 saturated carbocycles. The van der Waals surface area contributed by atoms with Crippen LogP contribution in [0, 0.1) is 0 Å². The summed E-state index contributed by atoms with van der Waals surface area (Å²) in [6.45, 7) is 2.07. The lowest BCUT2D eigenvalue weighted by Gasteiger charge is -2.16. The fourth-order valence-corrected chi connectivity index (χ4v) is 1.67. The Labute approximate surface area is 105 Å². The van der Waals surface area contributed by atoms with Gasteiger partial charge in [0.25, 0.3) is 0 Å². The van der Waals surface area contributed by atoms with Gasteiger partial charge in [0.05, 0.1) is 13.7 Å². The highest BCUT2D eigenvalue weighted by molar-refractivity contribution is 5.80. The highest BCUT2D eigenvalue weighted by Crippen LogP contribution is 2.28. The van der Waals surface area contributed by atoms with Gasteiger partial charge in [0.15, 0.2) is 18.5 Å². The number of aliphatic imine (C=N–C) groups is 1. The predicted molar refractivity (Wildman–Crippen MR) is 63.5 cm³/mol. The van der Waals surface area contributed by atoms with Crippen LogP contribution in [-0.4, -0.2) is 37.1 Å². The average Bonchev–Trinajstić information content (AvgIpc) is 2.88. The minimum atomic E-state index is -0.667. The molecule has 6 heteroatoms. The van der Waals surface area contributed by atoms with Gasteiger partial charge >= 0.3 is 5.97 Å². The van der Waals surface area contributed by atoms with Crippen LogP contribution in [0.25, 0.3) is 0 Å². The molecule has 0 aliphatic carbocycles. The molecule has 96 valence electrons. The zero-order valence-corrected chi connectivity index (χ0v) is 10.2. The van der Waals surface area contributed by atoms with Gasteiger partial charge in [-0.05, 0) is 13.0 Å². The Hall–Kier alpha value is -2.11. The maximum Gasteiger partial charge on any atom is 0.335 e. The van der Waals surface area contributed by atoms with Crippen LogP contribution in [0.1, 0.15) is 18.6 Å². The summed E-state index contributed by atoms with van der Waals surface area (Å²) in [5.74, 6) is 0.109. The van der Waals surface area contributed by atoms with E-state index in [9.17, 15) is 4.79 Å². The molecule has 0 spiro atoms. The molecular formula is C12H14N2O4. The number of hydrogen-bond donors (Lipinski definition) is 0. The van der Waals surface area contributed by atoms with Gasteiger partial charge in [-0.1, -0.05) is 0 Å². The Balaban J connectivity index is 2.14. The molecule has 2 atom stereocenters. The van der Waals surface area contributed by atoms with E-state index in [1.165, 1.54) is 6.40 Å². The monoisotopic (exact) mass is 250 g/mol. The largest absolute Gasteiger partial charge is 0.481 e. The van der Waals surface area contributed by atoms with Gasteiger partial charge in [0, 0.05) is 17.8 Å². The van der Waals surface area contributed by atoms with Gasteiger partial charge in [-0.2, -0.15) is 0 Å². The van der Waals surface area contributed by atoms with E-state index in [1.54, 1.807) is 32.4 Å². The van der Waals surface area contributed by atoms with Crippen LogP contribution >= 0.6 is 0 Å². The second kappa shape index (κ2) is 5.48. The molecular weight excluding hydrogens is 236 g/mol. The zero-order chi connectivity index (χ0) is 13.0. The predicted octanol–water partition coefficient (Wildman–Crippen LogP) is 1.12. The number of pyridine rings is 1. The van der Waals surface area contributed by atoms with E-state index >= 15 is 0 Å². The van der Waals surface area contributed by atoms with Crippen molar-refractivity contribution < 1.29 is 19.0 Å². The summed E-state index contributed by atoms with van der Waals surface area (Å²) >= 11 is 0. The first-order chi connectivity index (χ1) is 8.76. The standard InChI is InChI=1S/C12H14N2O4/c1-3-17-12(15)10-11(18-7-14-10)8-4-5-9(16-2)13-6-8/h4-7,10-11H,3H2,1-2H3/t10-,11+/m0/s1. The van der Waals surface area contributed by atoms with Crippen molar-refractivity contribution in [3.8, 4) is 5.88 Å². The van der Waals surface area contributed by atoms with E-state index in [1.807, 2.05) is 0 Å². The van der Waals surface area contributed by atoms with Gasteiger partial charge in [-0.25, -0.2) is 14.8 Å². The molecule has 1 aromatic heterocycles. The molecule has 1 aromatic rings. The van der Waals surface area contributed by atoms with Crippen molar-refractivity contribution in [3.05, 3.63) is 23.9 Å². The van der Waals surface area contributed by atoms with E-state index in [0.29, 0.717) is 12.5 Å². The van der Waals surface area contributed by atoms with Crippen LogP contribution in [0.3, 0.4) is 0 Å². The van der Waals surface area contributed by atoms with Crippen LogP contribution < -0.4 is 4.74 Å². The summed E-state index contributed by atoms with van der Waals surface area (Å²) in [7, 11) is 1.54. The Morgan fingerprint density at radius 2 is 2.33 bits per heavy atom. The summed E-state index contributed by atoms with van der Waals surface area (Å²) in [5.41, 5.74) is 0.756. The maximum atomic E-state index is 11.7. The smallest absolute Gasteiger partial charge is 0.335 e. The van der Waals surface area contributed by atoms with Gasteiger partial charge < -0.3 is 14.2 Å². The van der Waals surface area contributed by atoms with E-state index < -0.39 is 18.1 Å². The molecule has 18 heavy (non-hydrogen) atoms. The first-order valence-electron chi connectivity index (χ1n) is 5.60. The van der Waals surface area contributed by atoms with E-state index in [2.05, 4.69) is 9.98 Å². The fraction of sp³-hybridized carbons (Fsp3) is 0.417. The second-order valence-electron chi connectivity index (χ2n) is 3.64. The topological polar surface area (TPSA) is 70.0 Å². The molecule has 2 rings (SSSR count). The Morgan fingerprint density at radius 3 is 2.94 bits per heavy atom. The van der Waals surface area contributed by atoms with Crippen LogP contribution in [0.2, 0.25) is 0 Å². The van der Waals surface area contributed by atoms with E-state index in [-0.39, 0.29) is 0 Å². The number of nitrogens with zero attached hydrogens (tertiary/aromatic N) is 2. The third-order valence-electron chi connectivity index (χ3n) is 2.54. The summed E-state index contributed by atoms with van der Waals surface area (Å²) in [5, 5.41) is 0. The zero-order valence-electron chi connectivity index (χ0n) is 10.2. The summed E-state index contributed by atoms with van der Waals surface area (Å²) in [6.07, 6.45) is 2.39. The molecule has 6 nitrogen and oxygen atoms in total. The molecule has 0 fully saturated rings. The van der Waals surface area contributed by atoms with Crippen molar-refractivity contribution in [1.29, 1.82) is 0 Å². The van der Waals surface area contributed by atoms with Crippen LogP contribution in [-0.2, 0) is 14.3 Å². The summed E-state index contributed by atoms with van der Waals surface area (Å²) < 4.78 is 15.2. The lowest BCUT2D eigenvalue weighted by atomic mass is 10.1. The maximum absolute atomic E-state index is 11.7. The van der Waals surface area contributed by atoms with Gasteiger partial charge in [0.1, 0.15) is 0 Å². The number of hydrogen-bond acceptors (Lipinski definition) is 6. The molecule has 0 unspecified atom stereocenters. The number of aromatic nitrogens is 1. The SMILES string of the molecule is CCOC(=O)[C@H]1N=CO[C@@H]1c1ccc(OC)nc1. The third kappa shape index (κ3) is 2.42.